The average Bonchev–Trinajstić information content (AvgIpc) is 2.95. The van der Waals surface area contributed by atoms with E-state index in [1.807, 2.05) is 0 Å². The van der Waals surface area contributed by atoms with Crippen molar-refractivity contribution >= 4 is 11.5 Å². The summed E-state index contributed by atoms with van der Waals surface area (Å²) in [6.45, 7) is 11.3. The van der Waals surface area contributed by atoms with Crippen LogP contribution in [0.25, 0.3) is 0 Å². The van der Waals surface area contributed by atoms with Gasteiger partial charge in [-0.3, -0.25) is 4.79 Å². The molecule has 1 unspecified atom stereocenters. The van der Waals surface area contributed by atoms with Gasteiger partial charge in [-0.25, -0.2) is 0 Å². The van der Waals surface area contributed by atoms with Gasteiger partial charge in [0.25, 0.3) is 0 Å². The Bertz CT molecular complexity index is 684. The summed E-state index contributed by atoms with van der Waals surface area (Å²) in [5.74, 6) is 3.40. The molecule has 4 saturated carbocycles. The molecule has 0 radical (unpaired) electrons. The standard InChI is InChI=1S/C25H42N2O2/c1-23(2)20-9-7-17-18-8-10-22(28)25(18,4)13-11-19(17)24(20,3)14-12-21(23)26-29-16-15-27(5)6/h17-20H,7-16H2,1-6H3/b26-21+/t17-,18-,19-,20?,24+,25-/m0/s1. The fourth-order valence-corrected chi connectivity index (χ4v) is 8.19. The van der Waals surface area contributed by atoms with Crippen LogP contribution in [0, 0.1) is 39.9 Å². The summed E-state index contributed by atoms with van der Waals surface area (Å²) < 4.78 is 0. The lowest BCUT2D eigenvalue weighted by Crippen LogP contribution is -2.58. The van der Waals surface area contributed by atoms with Gasteiger partial charge < -0.3 is 9.74 Å². The monoisotopic (exact) mass is 402 g/mol. The molecule has 4 nitrogen and oxygen atoms in total. The van der Waals surface area contributed by atoms with Gasteiger partial charge in [0.15, 0.2) is 0 Å². The maximum atomic E-state index is 12.6. The lowest BCUT2D eigenvalue weighted by atomic mass is 9.41. The maximum absolute atomic E-state index is 12.6. The Balaban J connectivity index is 1.53. The predicted molar refractivity (Wildman–Crippen MR) is 118 cm³/mol. The van der Waals surface area contributed by atoms with Gasteiger partial charge in [0, 0.05) is 23.8 Å². The van der Waals surface area contributed by atoms with Crippen molar-refractivity contribution in [2.75, 3.05) is 27.2 Å². The van der Waals surface area contributed by atoms with Crippen molar-refractivity contribution < 1.29 is 9.63 Å². The first-order chi connectivity index (χ1) is 13.6. The zero-order chi connectivity index (χ0) is 21.0. The van der Waals surface area contributed by atoms with Crippen LogP contribution in [0.1, 0.15) is 79.1 Å². The van der Waals surface area contributed by atoms with Crippen LogP contribution in [0.3, 0.4) is 0 Å². The van der Waals surface area contributed by atoms with Crippen LogP contribution >= 0.6 is 0 Å². The molecule has 0 heterocycles. The van der Waals surface area contributed by atoms with Crippen molar-refractivity contribution in [3.8, 4) is 0 Å². The second-order valence-corrected chi connectivity index (χ2v) is 11.8. The number of nitrogens with zero attached hydrogens (tertiary/aromatic N) is 2. The first-order valence-electron chi connectivity index (χ1n) is 12.0. The topological polar surface area (TPSA) is 41.9 Å². The molecule has 29 heavy (non-hydrogen) atoms. The summed E-state index contributed by atoms with van der Waals surface area (Å²) in [6, 6.07) is 0. The number of hydrogen-bond donors (Lipinski definition) is 0. The number of rotatable bonds is 4. The van der Waals surface area contributed by atoms with E-state index in [1.165, 1.54) is 31.4 Å². The van der Waals surface area contributed by atoms with Crippen molar-refractivity contribution in [3.05, 3.63) is 0 Å². The third-order valence-electron chi connectivity index (χ3n) is 9.90. The molecule has 0 aromatic heterocycles. The molecule has 0 N–H and O–H groups in total. The molecule has 0 saturated heterocycles. The fourth-order valence-electron chi connectivity index (χ4n) is 8.19. The Morgan fingerprint density at radius 1 is 1.00 bits per heavy atom. The highest BCUT2D eigenvalue weighted by Crippen LogP contribution is 2.67. The Morgan fingerprint density at radius 3 is 2.48 bits per heavy atom. The second kappa shape index (κ2) is 7.35. The fraction of sp³-hybridized carbons (Fsp3) is 0.920. The van der Waals surface area contributed by atoms with Gasteiger partial charge in [0.1, 0.15) is 12.4 Å². The predicted octanol–water partition coefficient (Wildman–Crippen LogP) is 5.17. The summed E-state index contributed by atoms with van der Waals surface area (Å²) in [5.41, 5.74) is 1.74. The van der Waals surface area contributed by atoms with E-state index in [4.69, 9.17) is 4.84 Å². The van der Waals surface area contributed by atoms with Crippen molar-refractivity contribution in [2.45, 2.75) is 79.1 Å². The molecular weight excluding hydrogens is 360 g/mol. The number of carbonyl (C=O) groups is 1. The zero-order valence-corrected chi connectivity index (χ0v) is 19.6. The van der Waals surface area contributed by atoms with Crippen LogP contribution in [0.2, 0.25) is 0 Å². The molecule has 4 heteroatoms. The van der Waals surface area contributed by atoms with E-state index in [9.17, 15) is 4.79 Å². The van der Waals surface area contributed by atoms with Gasteiger partial charge in [-0.15, -0.1) is 0 Å². The van der Waals surface area contributed by atoms with Gasteiger partial charge in [-0.2, -0.15) is 0 Å². The number of ketones is 1. The van der Waals surface area contributed by atoms with E-state index < -0.39 is 0 Å². The Kier molecular flexibility index (Phi) is 5.41. The van der Waals surface area contributed by atoms with E-state index in [0.717, 1.165) is 44.1 Å². The minimum Gasteiger partial charge on any atom is -0.394 e. The number of carbonyl (C=O) groups excluding carboxylic acids is 1. The van der Waals surface area contributed by atoms with Crippen LogP contribution in [0.5, 0.6) is 0 Å². The van der Waals surface area contributed by atoms with Crippen molar-refractivity contribution in [1.29, 1.82) is 0 Å². The van der Waals surface area contributed by atoms with Gasteiger partial charge in [0.05, 0.1) is 5.71 Å². The Morgan fingerprint density at radius 2 is 1.76 bits per heavy atom. The molecule has 164 valence electrons. The van der Waals surface area contributed by atoms with Crippen LogP contribution in [0.15, 0.2) is 5.16 Å². The summed E-state index contributed by atoms with van der Waals surface area (Å²) in [5, 5.41) is 4.65. The molecule has 4 aliphatic carbocycles. The summed E-state index contributed by atoms with van der Waals surface area (Å²) in [6.07, 6.45) is 9.22. The van der Waals surface area contributed by atoms with Crippen LogP contribution in [-0.4, -0.2) is 43.6 Å². The SMILES string of the molecule is CN(C)CCO/N=C1\CC[C@@]2(C)C(CC[C@@H]3[C@@H]2CC[C@]2(C)C(=O)CC[C@@H]32)C1(C)C. The Labute approximate surface area is 177 Å². The first kappa shape index (κ1) is 21.3. The molecule has 0 aromatic rings. The van der Waals surface area contributed by atoms with Gasteiger partial charge >= 0.3 is 0 Å². The van der Waals surface area contributed by atoms with Crippen LogP contribution in [-0.2, 0) is 9.63 Å². The highest BCUT2D eigenvalue weighted by molar-refractivity contribution is 5.90. The van der Waals surface area contributed by atoms with E-state index in [1.54, 1.807) is 0 Å². The van der Waals surface area contributed by atoms with E-state index in [0.29, 0.717) is 29.6 Å². The molecule has 0 aliphatic heterocycles. The smallest absolute Gasteiger partial charge is 0.139 e. The quantitative estimate of drug-likeness (QED) is 0.481. The highest BCUT2D eigenvalue weighted by atomic mass is 16.6. The molecule has 4 aliphatic rings. The van der Waals surface area contributed by atoms with E-state index in [-0.39, 0.29) is 10.8 Å². The number of likely N-dealkylation sites (N-methyl/N-ethyl adjacent to an activating group) is 1. The lowest BCUT2D eigenvalue weighted by molar-refractivity contribution is -0.141. The number of fused-ring (bicyclic) bond motifs is 5. The minimum absolute atomic E-state index is 0.0125. The highest BCUT2D eigenvalue weighted by Gasteiger charge is 2.62. The number of Topliss-reactive ketones (excluding diaryl/α,β-unsaturated/α-hetero) is 1. The third kappa shape index (κ3) is 3.28. The minimum atomic E-state index is -0.0125. The van der Waals surface area contributed by atoms with E-state index in [2.05, 4.69) is 51.8 Å². The Hall–Kier alpha value is -0.900. The number of oxime groups is 1. The number of hydrogen-bond acceptors (Lipinski definition) is 4. The van der Waals surface area contributed by atoms with Crippen molar-refractivity contribution in [2.24, 2.45) is 45.1 Å². The van der Waals surface area contributed by atoms with Crippen molar-refractivity contribution in [1.82, 2.24) is 4.90 Å². The van der Waals surface area contributed by atoms with Crippen LogP contribution in [0.4, 0.5) is 0 Å². The molecule has 0 amide bonds. The average molecular weight is 403 g/mol. The van der Waals surface area contributed by atoms with Gasteiger partial charge in [-0.05, 0) is 88.1 Å². The molecular formula is C25H42N2O2. The van der Waals surface area contributed by atoms with Crippen LogP contribution < -0.4 is 0 Å². The molecule has 0 bridgehead atoms. The lowest BCUT2D eigenvalue weighted by Gasteiger charge is -2.63. The molecule has 0 aromatic carbocycles. The zero-order valence-electron chi connectivity index (χ0n) is 19.6. The van der Waals surface area contributed by atoms with Gasteiger partial charge in [-0.1, -0.05) is 32.9 Å². The second-order valence-electron chi connectivity index (χ2n) is 11.8. The third-order valence-corrected chi connectivity index (χ3v) is 9.90. The maximum Gasteiger partial charge on any atom is 0.139 e. The normalized spacial score (nSPS) is 45.1. The van der Waals surface area contributed by atoms with E-state index >= 15 is 0 Å². The van der Waals surface area contributed by atoms with Gasteiger partial charge in [0.2, 0.25) is 0 Å². The first-order valence-corrected chi connectivity index (χ1v) is 12.0. The molecule has 6 atom stereocenters. The molecule has 0 spiro atoms. The summed E-state index contributed by atoms with van der Waals surface area (Å²) in [7, 11) is 4.13. The molecule has 4 rings (SSSR count). The largest absolute Gasteiger partial charge is 0.394 e. The summed E-state index contributed by atoms with van der Waals surface area (Å²) >= 11 is 0. The summed E-state index contributed by atoms with van der Waals surface area (Å²) in [4.78, 5) is 20.5. The molecule has 4 fully saturated rings. The van der Waals surface area contributed by atoms with Crippen molar-refractivity contribution in [3.63, 3.8) is 0 Å².